The van der Waals surface area contributed by atoms with Crippen molar-refractivity contribution in [3.05, 3.63) is 57.5 Å². The molecule has 3 rings (SSSR count). The Kier molecular flexibility index (Phi) is 3.91. The molecule has 1 atom stereocenters. The summed E-state index contributed by atoms with van der Waals surface area (Å²) in [5.74, 6) is 0. The SMILES string of the molecule is CC(Nc1ccc(C#N)cc1Br)c1nc2ccccc2s1. The van der Waals surface area contributed by atoms with Gasteiger partial charge in [-0.15, -0.1) is 11.3 Å². The summed E-state index contributed by atoms with van der Waals surface area (Å²) in [5.41, 5.74) is 2.63. The smallest absolute Gasteiger partial charge is 0.116 e. The van der Waals surface area contributed by atoms with Gasteiger partial charge in [0.2, 0.25) is 0 Å². The van der Waals surface area contributed by atoms with Crippen LogP contribution in [0, 0.1) is 11.3 Å². The quantitative estimate of drug-likeness (QED) is 0.708. The molecule has 1 heterocycles. The molecule has 0 amide bonds. The van der Waals surface area contributed by atoms with E-state index in [4.69, 9.17) is 5.26 Å². The first-order valence-corrected chi connectivity index (χ1v) is 8.10. The van der Waals surface area contributed by atoms with Crippen molar-refractivity contribution in [1.29, 1.82) is 5.26 Å². The third-order valence-electron chi connectivity index (χ3n) is 3.15. The standard InChI is InChI=1S/C16H12BrN3S/c1-10(16-20-14-4-2-3-5-15(14)21-16)19-13-7-6-11(9-18)8-12(13)17/h2-8,10,19H,1H3. The van der Waals surface area contributed by atoms with E-state index in [-0.39, 0.29) is 6.04 Å². The first-order valence-electron chi connectivity index (χ1n) is 6.49. The van der Waals surface area contributed by atoms with Crippen molar-refractivity contribution in [3.63, 3.8) is 0 Å². The van der Waals surface area contributed by atoms with Crippen LogP contribution >= 0.6 is 27.3 Å². The highest BCUT2D eigenvalue weighted by molar-refractivity contribution is 9.10. The second-order valence-corrected chi connectivity index (χ2v) is 6.61. The number of fused-ring (bicyclic) bond motifs is 1. The highest BCUT2D eigenvalue weighted by Crippen LogP contribution is 2.31. The summed E-state index contributed by atoms with van der Waals surface area (Å²) in [6, 6.07) is 15.9. The predicted molar refractivity (Wildman–Crippen MR) is 90.5 cm³/mol. The summed E-state index contributed by atoms with van der Waals surface area (Å²) in [6.07, 6.45) is 0. The van der Waals surface area contributed by atoms with E-state index < -0.39 is 0 Å². The van der Waals surface area contributed by atoms with Gasteiger partial charge in [-0.25, -0.2) is 4.98 Å². The molecule has 0 spiro atoms. The molecular weight excluding hydrogens is 346 g/mol. The monoisotopic (exact) mass is 357 g/mol. The summed E-state index contributed by atoms with van der Waals surface area (Å²) >= 11 is 5.19. The number of benzene rings is 2. The molecule has 3 nitrogen and oxygen atoms in total. The molecule has 2 aromatic carbocycles. The maximum absolute atomic E-state index is 8.89. The number of nitriles is 1. The average Bonchev–Trinajstić information content (AvgIpc) is 2.93. The summed E-state index contributed by atoms with van der Waals surface area (Å²) in [4.78, 5) is 4.66. The van der Waals surface area contributed by atoms with E-state index in [0.29, 0.717) is 5.56 Å². The van der Waals surface area contributed by atoms with Crippen molar-refractivity contribution in [1.82, 2.24) is 4.98 Å². The van der Waals surface area contributed by atoms with E-state index in [0.717, 1.165) is 20.7 Å². The number of hydrogen-bond acceptors (Lipinski definition) is 4. The van der Waals surface area contributed by atoms with E-state index in [1.54, 1.807) is 17.4 Å². The Hall–Kier alpha value is -1.90. The summed E-state index contributed by atoms with van der Waals surface area (Å²) in [5, 5.41) is 13.4. The van der Waals surface area contributed by atoms with E-state index in [9.17, 15) is 0 Å². The topological polar surface area (TPSA) is 48.7 Å². The van der Waals surface area contributed by atoms with E-state index in [2.05, 4.69) is 45.3 Å². The number of halogens is 1. The minimum absolute atomic E-state index is 0.103. The van der Waals surface area contributed by atoms with Crippen molar-refractivity contribution < 1.29 is 0 Å². The Balaban J connectivity index is 1.86. The second-order valence-electron chi connectivity index (χ2n) is 4.69. The number of aromatic nitrogens is 1. The number of para-hydroxylation sites is 1. The van der Waals surface area contributed by atoms with Crippen LogP contribution in [0.5, 0.6) is 0 Å². The van der Waals surface area contributed by atoms with Crippen molar-refractivity contribution in [2.45, 2.75) is 13.0 Å². The van der Waals surface area contributed by atoms with Gasteiger partial charge in [0.05, 0.1) is 27.9 Å². The highest BCUT2D eigenvalue weighted by atomic mass is 79.9. The first kappa shape index (κ1) is 14.1. The van der Waals surface area contributed by atoms with Gasteiger partial charge < -0.3 is 5.32 Å². The fourth-order valence-electron chi connectivity index (χ4n) is 2.07. The summed E-state index contributed by atoms with van der Waals surface area (Å²) < 4.78 is 2.08. The Morgan fingerprint density at radius 3 is 2.81 bits per heavy atom. The number of nitrogens with zero attached hydrogens (tertiary/aromatic N) is 2. The van der Waals surface area contributed by atoms with Gasteiger partial charge >= 0.3 is 0 Å². The third kappa shape index (κ3) is 2.92. The van der Waals surface area contributed by atoms with Crippen molar-refractivity contribution in [3.8, 4) is 6.07 Å². The maximum Gasteiger partial charge on any atom is 0.116 e. The lowest BCUT2D eigenvalue weighted by Crippen LogP contribution is -2.06. The van der Waals surface area contributed by atoms with Crippen LogP contribution in [0.1, 0.15) is 23.5 Å². The number of thiazole rings is 1. The molecule has 0 saturated carbocycles. The molecule has 3 aromatic rings. The molecule has 0 fully saturated rings. The average molecular weight is 358 g/mol. The fraction of sp³-hybridized carbons (Fsp3) is 0.125. The Labute approximate surface area is 135 Å². The summed E-state index contributed by atoms with van der Waals surface area (Å²) in [7, 11) is 0. The molecule has 0 bridgehead atoms. The number of hydrogen-bond donors (Lipinski definition) is 1. The van der Waals surface area contributed by atoms with Gasteiger partial charge in [0.15, 0.2) is 0 Å². The maximum atomic E-state index is 8.89. The van der Waals surface area contributed by atoms with Crippen LogP contribution < -0.4 is 5.32 Å². The van der Waals surface area contributed by atoms with Gasteiger partial charge in [-0.2, -0.15) is 5.26 Å². The van der Waals surface area contributed by atoms with Gasteiger partial charge in [-0.3, -0.25) is 0 Å². The Morgan fingerprint density at radius 1 is 1.29 bits per heavy atom. The molecule has 0 radical (unpaired) electrons. The molecule has 21 heavy (non-hydrogen) atoms. The molecule has 0 aliphatic rings. The van der Waals surface area contributed by atoms with Crippen LogP contribution in [0.4, 0.5) is 5.69 Å². The van der Waals surface area contributed by atoms with Crippen molar-refractivity contribution in [2.75, 3.05) is 5.32 Å². The fourth-order valence-corrected chi connectivity index (χ4v) is 3.54. The zero-order valence-electron chi connectivity index (χ0n) is 11.3. The van der Waals surface area contributed by atoms with E-state index >= 15 is 0 Å². The molecule has 5 heteroatoms. The second kappa shape index (κ2) is 5.84. The molecule has 0 aliphatic heterocycles. The molecule has 0 saturated heterocycles. The zero-order valence-corrected chi connectivity index (χ0v) is 13.7. The van der Waals surface area contributed by atoms with Gasteiger partial charge in [0.1, 0.15) is 5.01 Å². The lowest BCUT2D eigenvalue weighted by molar-refractivity contribution is 0.873. The van der Waals surface area contributed by atoms with Gasteiger partial charge in [-0.1, -0.05) is 12.1 Å². The molecule has 0 aliphatic carbocycles. The van der Waals surface area contributed by atoms with Gasteiger partial charge in [0.25, 0.3) is 0 Å². The highest BCUT2D eigenvalue weighted by Gasteiger charge is 2.12. The van der Waals surface area contributed by atoms with Crippen LogP contribution in [0.15, 0.2) is 46.9 Å². The number of anilines is 1. The van der Waals surface area contributed by atoms with Crippen LogP contribution in [-0.2, 0) is 0 Å². The lowest BCUT2D eigenvalue weighted by Gasteiger charge is -2.14. The minimum atomic E-state index is 0.103. The molecular formula is C16H12BrN3S. The lowest BCUT2D eigenvalue weighted by atomic mass is 10.2. The number of nitrogens with one attached hydrogen (secondary N) is 1. The Bertz CT molecular complexity index is 802. The largest absolute Gasteiger partial charge is 0.375 e. The molecule has 1 N–H and O–H groups in total. The zero-order chi connectivity index (χ0) is 14.8. The van der Waals surface area contributed by atoms with Gasteiger partial charge in [0, 0.05) is 10.2 Å². The first-order chi connectivity index (χ1) is 10.2. The van der Waals surface area contributed by atoms with Gasteiger partial charge in [-0.05, 0) is 53.2 Å². The normalized spacial score (nSPS) is 12.0. The third-order valence-corrected chi connectivity index (χ3v) is 5.03. The van der Waals surface area contributed by atoms with E-state index in [1.807, 2.05) is 30.3 Å². The van der Waals surface area contributed by atoms with Crippen molar-refractivity contribution >= 4 is 43.2 Å². The molecule has 104 valence electrons. The van der Waals surface area contributed by atoms with E-state index in [1.165, 1.54) is 4.70 Å². The minimum Gasteiger partial charge on any atom is -0.375 e. The molecule has 1 unspecified atom stereocenters. The predicted octanol–water partition coefficient (Wildman–Crippen LogP) is 5.10. The van der Waals surface area contributed by atoms with Crippen molar-refractivity contribution in [2.24, 2.45) is 0 Å². The van der Waals surface area contributed by atoms with Crippen LogP contribution in [-0.4, -0.2) is 4.98 Å². The summed E-state index contributed by atoms with van der Waals surface area (Å²) in [6.45, 7) is 2.09. The van der Waals surface area contributed by atoms with Crippen LogP contribution in [0.3, 0.4) is 0 Å². The number of rotatable bonds is 3. The molecule has 1 aromatic heterocycles. The Morgan fingerprint density at radius 2 is 2.10 bits per heavy atom. The van der Waals surface area contributed by atoms with Crippen LogP contribution in [0.2, 0.25) is 0 Å². The van der Waals surface area contributed by atoms with Crippen LogP contribution in [0.25, 0.3) is 10.2 Å².